The maximum absolute atomic E-state index is 15.5. The molecule has 11 rings (SSSR count). The molecule has 6 atom stereocenters. The van der Waals surface area contributed by atoms with Crippen molar-refractivity contribution in [2.75, 3.05) is 31.1 Å². The van der Waals surface area contributed by atoms with Crippen LogP contribution in [0.15, 0.2) is 151 Å². The molecule has 1 N–H and O–H groups in total. The van der Waals surface area contributed by atoms with Gasteiger partial charge in [0, 0.05) is 60.3 Å². The Balaban J connectivity index is 1.05. The van der Waals surface area contributed by atoms with Crippen molar-refractivity contribution >= 4 is 72.1 Å². The van der Waals surface area contributed by atoms with Gasteiger partial charge in [-0.05, 0) is 125 Å². The van der Waals surface area contributed by atoms with Gasteiger partial charge in [-0.15, -0.1) is 34.0 Å². The second kappa shape index (κ2) is 28.2. The maximum Gasteiger partial charge on any atom is 0.240 e. The Morgan fingerprint density at radius 3 is 1.42 bits per heavy atom. The topological polar surface area (TPSA) is 43.5 Å². The molecular formula is C78H95N2O2S4+. The smallest absolute Gasteiger partial charge is 0.240 e. The molecule has 86 heavy (non-hydrogen) atoms. The molecule has 0 bridgehead atoms. The molecule has 1 aliphatic heterocycles. The largest absolute Gasteiger partial charge is 0.387 e. The zero-order valence-electron chi connectivity index (χ0n) is 52.8. The van der Waals surface area contributed by atoms with E-state index in [-0.39, 0.29) is 5.78 Å². The van der Waals surface area contributed by atoms with Crippen molar-refractivity contribution in [1.29, 1.82) is 0 Å². The molecule has 4 nitrogen and oxygen atoms in total. The van der Waals surface area contributed by atoms with Crippen LogP contribution in [-0.4, -0.2) is 52.8 Å². The van der Waals surface area contributed by atoms with Crippen LogP contribution in [0.25, 0.3) is 20.2 Å². The van der Waals surface area contributed by atoms with Crippen LogP contribution in [0.2, 0.25) is 0 Å². The summed E-state index contributed by atoms with van der Waals surface area (Å²) >= 11 is 7.44. The zero-order valence-corrected chi connectivity index (χ0v) is 56.1. The predicted octanol–water partition coefficient (Wildman–Crippen LogP) is 19.3. The molecule has 452 valence electrons. The fourth-order valence-electron chi connectivity index (χ4n) is 15.1. The molecule has 4 aromatic carbocycles. The first-order valence-corrected chi connectivity index (χ1v) is 36.8. The van der Waals surface area contributed by atoms with Crippen LogP contribution in [0.1, 0.15) is 208 Å². The molecule has 7 aromatic rings. The van der Waals surface area contributed by atoms with Gasteiger partial charge in [0.05, 0.1) is 32.7 Å². The fraction of sp³-hybridized carbons (Fsp3) is 0.462. The van der Waals surface area contributed by atoms with Gasteiger partial charge in [0.15, 0.2) is 5.78 Å². The van der Waals surface area contributed by atoms with Gasteiger partial charge >= 0.3 is 0 Å². The van der Waals surface area contributed by atoms with Gasteiger partial charge in [-0.3, -0.25) is 4.79 Å². The van der Waals surface area contributed by atoms with E-state index >= 15 is 4.79 Å². The van der Waals surface area contributed by atoms with Crippen molar-refractivity contribution in [3.05, 3.63) is 204 Å². The summed E-state index contributed by atoms with van der Waals surface area (Å²) in [5.41, 5.74) is 9.45. The Morgan fingerprint density at radius 1 is 0.523 bits per heavy atom. The monoisotopic (exact) mass is 1220 g/mol. The number of fused-ring (bicyclic) bond motifs is 5. The van der Waals surface area contributed by atoms with Crippen LogP contribution >= 0.6 is 45.8 Å². The first kappa shape index (κ1) is 62.5. The lowest BCUT2D eigenvalue weighted by atomic mass is 9.67. The van der Waals surface area contributed by atoms with Gasteiger partial charge in [-0.2, -0.15) is 0 Å². The molecule has 8 heteroatoms. The molecule has 1 fully saturated rings. The molecule has 3 aromatic heterocycles. The van der Waals surface area contributed by atoms with Crippen molar-refractivity contribution in [3.63, 3.8) is 0 Å². The number of aliphatic hydroxyl groups is 1. The molecule has 0 radical (unpaired) electrons. The summed E-state index contributed by atoms with van der Waals surface area (Å²) in [5.74, 6) is 1.94. The molecule has 4 aliphatic rings. The van der Waals surface area contributed by atoms with Crippen LogP contribution in [0, 0.1) is 23.7 Å². The minimum Gasteiger partial charge on any atom is -0.387 e. The van der Waals surface area contributed by atoms with Crippen LogP contribution in [0.5, 0.6) is 0 Å². The number of hydrogen-bond donors (Lipinski definition) is 1. The number of hydrogen-bond acceptors (Lipinski definition) is 7. The summed E-state index contributed by atoms with van der Waals surface area (Å²) < 4.78 is 4.92. The second-order valence-corrected chi connectivity index (χ2v) is 29.7. The first-order chi connectivity index (χ1) is 42.1. The van der Waals surface area contributed by atoms with E-state index in [1.807, 2.05) is 23.1 Å². The number of thiophene rings is 3. The summed E-state index contributed by atoms with van der Waals surface area (Å²) in [6.45, 7) is 23.1. The summed E-state index contributed by atoms with van der Waals surface area (Å²) in [6.07, 6.45) is 21.4. The molecule has 6 unspecified atom stereocenters. The predicted molar refractivity (Wildman–Crippen MR) is 373 cm³/mol. The van der Waals surface area contributed by atoms with Crippen molar-refractivity contribution in [2.24, 2.45) is 23.7 Å². The van der Waals surface area contributed by atoms with Crippen LogP contribution in [0.3, 0.4) is 0 Å². The molecule has 3 aliphatic carbocycles. The molecule has 4 heterocycles. The van der Waals surface area contributed by atoms with E-state index in [2.05, 4.69) is 210 Å². The van der Waals surface area contributed by atoms with Gasteiger partial charge < -0.3 is 10.0 Å². The lowest BCUT2D eigenvalue weighted by Gasteiger charge is -2.35. The quantitative estimate of drug-likeness (QED) is 0.0456. The van der Waals surface area contributed by atoms with Gasteiger partial charge in [-0.1, -0.05) is 241 Å². The van der Waals surface area contributed by atoms with E-state index in [1.54, 1.807) is 22.7 Å². The fourth-order valence-corrected chi connectivity index (χ4v) is 20.5. The third kappa shape index (κ3) is 11.6. The van der Waals surface area contributed by atoms with Crippen molar-refractivity contribution in [1.82, 2.24) is 0 Å². The van der Waals surface area contributed by atoms with Gasteiger partial charge in [0.1, 0.15) is 13.1 Å². The Morgan fingerprint density at radius 2 is 0.965 bits per heavy atom. The highest BCUT2D eigenvalue weighted by Gasteiger charge is 2.55. The average Bonchev–Trinajstić information content (AvgIpc) is 1.54. The number of carbonyl (C=O) groups is 1. The van der Waals surface area contributed by atoms with Crippen molar-refractivity contribution in [2.45, 2.75) is 181 Å². The molecule has 0 spiro atoms. The molecule has 0 amide bonds. The number of carbonyl (C=O) groups excluding carboxylic acids is 1. The lowest BCUT2D eigenvalue weighted by Crippen LogP contribution is -2.44. The molecular weight excluding hydrogens is 1130 g/mol. The third-order valence-electron chi connectivity index (χ3n) is 20.2. The van der Waals surface area contributed by atoms with Gasteiger partial charge in [0.25, 0.3) is 0 Å². The number of benzene rings is 4. The lowest BCUT2D eigenvalue weighted by molar-refractivity contribution is -0.539. The van der Waals surface area contributed by atoms with E-state index in [9.17, 15) is 5.11 Å². The molecule has 1 saturated carbocycles. The first-order valence-electron chi connectivity index (χ1n) is 33.5. The Kier molecular flexibility index (Phi) is 20.5. The van der Waals surface area contributed by atoms with Crippen LogP contribution < -0.4 is 14.0 Å². The SMILES string of the molecule is CCCCC(CC)CN(CC(CC)CCCC)c1cc2c(s1)-c1sc(C3C(=O)/C(=c4\cc5c(s4)=C4SC(=[N+](CC(CC)CCCC)CC(CC)CCCC)C=C4C5(c4ccccc4)c4ccccc4)C3O)cc1C2(c1ccccc1)c1ccccc1. The maximum atomic E-state index is 15.5. The summed E-state index contributed by atoms with van der Waals surface area (Å²) in [6, 6.07) is 51.8. The highest BCUT2D eigenvalue weighted by Crippen LogP contribution is 2.64. The average molecular weight is 1220 g/mol. The van der Waals surface area contributed by atoms with E-state index in [0.29, 0.717) is 29.2 Å². The zero-order chi connectivity index (χ0) is 60.0. The van der Waals surface area contributed by atoms with E-state index in [0.717, 1.165) is 35.6 Å². The number of ketones is 1. The number of thioether (sulfide) groups is 1. The second-order valence-electron chi connectivity index (χ2n) is 25.5. The summed E-state index contributed by atoms with van der Waals surface area (Å²) in [4.78, 5) is 23.2. The molecule has 0 saturated heterocycles. The van der Waals surface area contributed by atoms with Crippen molar-refractivity contribution in [3.8, 4) is 9.75 Å². The van der Waals surface area contributed by atoms with Crippen LogP contribution in [0.4, 0.5) is 5.00 Å². The van der Waals surface area contributed by atoms with Gasteiger partial charge in [0.2, 0.25) is 5.04 Å². The highest BCUT2D eigenvalue weighted by molar-refractivity contribution is 8.22. The number of nitrogens with zero attached hydrogens (tertiary/aromatic N) is 2. The number of rotatable bonds is 30. The number of unbranched alkanes of at least 4 members (excludes halogenated alkanes) is 4. The highest BCUT2D eigenvalue weighted by atomic mass is 32.2. The number of aliphatic hydroxyl groups excluding tert-OH is 1. The number of Topliss-reactive ketones (excluding diaryl/α,β-unsaturated/α-hetero) is 1. The Labute approximate surface area is 532 Å². The Hall–Kier alpha value is -5.09. The van der Waals surface area contributed by atoms with Crippen LogP contribution in [-0.2, 0) is 15.6 Å². The third-order valence-corrected chi connectivity index (χ3v) is 25.3. The Bertz CT molecular complexity index is 3490. The van der Waals surface area contributed by atoms with E-state index in [4.69, 9.17) is 0 Å². The standard InChI is InChI=1S/C78H95N2O2S4/c1-9-17-33-53(13-5)49-79(50-54(14-6)34-18-10-2)67-47-63-75(85-67)73-61(77(63,57-37-25-21-26-38-57)58-39-27-22-28-40-58)45-65(83-73)69-71(81)70(72(69)82)66-46-62-74(84-66)76-64(78(62,59-41-29-23-30-42-59)60-43-31-24-32-44-60)48-68(86-76)80(51-55(15-7)35-19-11-3)52-56(16-8)36-20-12-4/h21-32,37-48,53-56,69,71,81H,9-20,33-36,49-52H2,1-8H3/q+1/b70-66+,80-68?. The van der Waals surface area contributed by atoms with E-state index < -0.39 is 22.9 Å². The van der Waals surface area contributed by atoms with Crippen molar-refractivity contribution < 1.29 is 14.5 Å². The summed E-state index contributed by atoms with van der Waals surface area (Å²) in [5, 5.41) is 15.6. The number of anilines is 1. The normalized spacial score (nSPS) is 19.1. The minimum absolute atomic E-state index is 0.0506. The summed E-state index contributed by atoms with van der Waals surface area (Å²) in [7, 11) is 0. The minimum atomic E-state index is -0.931. The van der Waals surface area contributed by atoms with Gasteiger partial charge in [-0.25, -0.2) is 4.58 Å². The van der Waals surface area contributed by atoms with E-state index in [1.165, 1.54) is 176 Å².